The number of alkyl halides is 4. The summed E-state index contributed by atoms with van der Waals surface area (Å²) in [5.41, 5.74) is 0.540. The highest BCUT2D eigenvalue weighted by molar-refractivity contribution is 6.22. The summed E-state index contributed by atoms with van der Waals surface area (Å²) >= 11 is 6.19. The average molecular weight is 271 g/mol. The van der Waals surface area contributed by atoms with Crippen LogP contribution < -0.4 is 0 Å². The second-order valence-electron chi connectivity index (χ2n) is 3.90. The van der Waals surface area contributed by atoms with E-state index in [0.29, 0.717) is 5.56 Å². The lowest BCUT2D eigenvalue weighted by Gasteiger charge is -2.13. The van der Waals surface area contributed by atoms with Crippen LogP contribution in [0.5, 0.6) is 0 Å². The highest BCUT2D eigenvalue weighted by atomic mass is 35.5. The van der Waals surface area contributed by atoms with E-state index in [0.717, 1.165) is 17.7 Å². The summed E-state index contributed by atoms with van der Waals surface area (Å²) in [4.78, 5) is 0. The maximum Gasteiger partial charge on any atom is 0.416 e. The molecule has 0 spiro atoms. The molecule has 0 saturated heterocycles. The van der Waals surface area contributed by atoms with Gasteiger partial charge in [0.2, 0.25) is 0 Å². The van der Waals surface area contributed by atoms with Crippen molar-refractivity contribution in [1.29, 1.82) is 0 Å². The topological polar surface area (TPSA) is 0 Å². The molecular weight excluding hydrogens is 261 g/mol. The first-order valence-electron chi connectivity index (χ1n) is 5.34. The highest BCUT2D eigenvalue weighted by Gasteiger charge is 2.30. The van der Waals surface area contributed by atoms with Gasteiger partial charge < -0.3 is 0 Å². The van der Waals surface area contributed by atoms with Crippen LogP contribution in [0, 0.1) is 0 Å². The van der Waals surface area contributed by atoms with Gasteiger partial charge in [-0.1, -0.05) is 42.5 Å². The molecule has 0 amide bonds. The first-order valence-corrected chi connectivity index (χ1v) is 5.78. The molecule has 0 aliphatic rings. The van der Waals surface area contributed by atoms with E-state index in [1.165, 1.54) is 6.07 Å². The molecule has 0 saturated carbocycles. The molecule has 2 rings (SSSR count). The van der Waals surface area contributed by atoms with E-state index in [4.69, 9.17) is 11.6 Å². The smallest absolute Gasteiger partial charge is 0.166 e. The van der Waals surface area contributed by atoms with Crippen molar-refractivity contribution in [2.45, 2.75) is 11.6 Å². The Morgan fingerprint density at radius 2 is 1.44 bits per heavy atom. The Morgan fingerprint density at radius 1 is 0.833 bits per heavy atom. The first kappa shape index (κ1) is 13.0. The molecule has 0 heterocycles. The van der Waals surface area contributed by atoms with E-state index in [-0.39, 0.29) is 0 Å². The van der Waals surface area contributed by atoms with Gasteiger partial charge in [0, 0.05) is 0 Å². The van der Waals surface area contributed by atoms with Crippen molar-refractivity contribution in [2.75, 3.05) is 0 Å². The van der Waals surface area contributed by atoms with Crippen LogP contribution >= 0.6 is 11.6 Å². The van der Waals surface area contributed by atoms with Crippen LogP contribution in [0.15, 0.2) is 54.6 Å². The second kappa shape index (κ2) is 5.02. The molecule has 0 aliphatic carbocycles. The van der Waals surface area contributed by atoms with Crippen molar-refractivity contribution >= 4 is 11.6 Å². The zero-order chi connectivity index (χ0) is 13.2. The van der Waals surface area contributed by atoms with Gasteiger partial charge in [0.15, 0.2) is 0 Å². The monoisotopic (exact) mass is 270 g/mol. The van der Waals surface area contributed by atoms with Crippen molar-refractivity contribution in [1.82, 2.24) is 0 Å². The molecule has 2 aromatic rings. The third-order valence-electron chi connectivity index (χ3n) is 2.60. The van der Waals surface area contributed by atoms with E-state index in [1.54, 1.807) is 30.3 Å². The van der Waals surface area contributed by atoms with Gasteiger partial charge in [0.05, 0.1) is 10.9 Å². The lowest BCUT2D eigenvalue weighted by atomic mass is 10.0. The van der Waals surface area contributed by atoms with Gasteiger partial charge in [0.25, 0.3) is 0 Å². The van der Waals surface area contributed by atoms with Gasteiger partial charge in [-0.3, -0.25) is 0 Å². The van der Waals surface area contributed by atoms with Crippen LogP contribution in [0.3, 0.4) is 0 Å². The molecular formula is C14H10ClF3. The Kier molecular flexibility index (Phi) is 3.62. The number of rotatable bonds is 2. The Labute approximate surface area is 108 Å². The van der Waals surface area contributed by atoms with Crippen LogP contribution in [0.4, 0.5) is 13.2 Å². The highest BCUT2D eigenvalue weighted by Crippen LogP contribution is 2.34. The molecule has 0 N–H and O–H groups in total. The molecule has 0 bridgehead atoms. The second-order valence-corrected chi connectivity index (χ2v) is 4.33. The molecule has 4 heteroatoms. The summed E-state index contributed by atoms with van der Waals surface area (Å²) in [7, 11) is 0. The third kappa shape index (κ3) is 2.85. The summed E-state index contributed by atoms with van der Waals surface area (Å²) in [5.74, 6) is 0. The van der Waals surface area contributed by atoms with Gasteiger partial charge in [-0.15, -0.1) is 11.6 Å². The molecule has 0 fully saturated rings. The molecule has 0 radical (unpaired) electrons. The van der Waals surface area contributed by atoms with Gasteiger partial charge in [-0.05, 0) is 23.3 Å². The van der Waals surface area contributed by atoms with E-state index in [9.17, 15) is 13.2 Å². The first-order chi connectivity index (χ1) is 8.48. The van der Waals surface area contributed by atoms with E-state index in [2.05, 4.69) is 0 Å². The zero-order valence-corrected chi connectivity index (χ0v) is 10.0. The molecule has 18 heavy (non-hydrogen) atoms. The minimum absolute atomic E-state index is 0.442. The summed E-state index contributed by atoms with van der Waals surface area (Å²) in [6, 6.07) is 14.1. The fraction of sp³-hybridized carbons (Fsp3) is 0.143. The van der Waals surface area contributed by atoms with Crippen LogP contribution in [-0.4, -0.2) is 0 Å². The van der Waals surface area contributed by atoms with Gasteiger partial charge in [-0.2, -0.15) is 13.2 Å². The molecule has 0 aromatic heterocycles. The van der Waals surface area contributed by atoms with Gasteiger partial charge >= 0.3 is 6.18 Å². The third-order valence-corrected chi connectivity index (χ3v) is 3.10. The summed E-state index contributed by atoms with van der Waals surface area (Å²) in [6.07, 6.45) is -4.34. The minimum atomic E-state index is -4.34. The quantitative estimate of drug-likeness (QED) is 0.671. The van der Waals surface area contributed by atoms with Crippen molar-refractivity contribution in [3.05, 3.63) is 71.3 Å². The van der Waals surface area contributed by atoms with E-state index < -0.39 is 17.1 Å². The number of halogens is 4. The van der Waals surface area contributed by atoms with Crippen LogP contribution in [0.25, 0.3) is 0 Å². The lowest BCUT2D eigenvalue weighted by molar-refractivity contribution is -0.137. The summed E-state index contributed by atoms with van der Waals surface area (Å²) in [6.45, 7) is 0. The Morgan fingerprint density at radius 3 is 2.06 bits per heavy atom. The summed E-state index contributed by atoms with van der Waals surface area (Å²) < 4.78 is 37.8. The van der Waals surface area contributed by atoms with Crippen LogP contribution in [0.2, 0.25) is 0 Å². The lowest BCUT2D eigenvalue weighted by Crippen LogP contribution is -2.06. The normalized spacial score (nSPS) is 13.3. The molecule has 1 atom stereocenters. The van der Waals surface area contributed by atoms with E-state index in [1.807, 2.05) is 6.07 Å². The number of hydrogen-bond donors (Lipinski definition) is 0. The predicted molar refractivity (Wildman–Crippen MR) is 65.6 cm³/mol. The molecule has 0 unspecified atom stereocenters. The maximum absolute atomic E-state index is 12.6. The van der Waals surface area contributed by atoms with Crippen molar-refractivity contribution in [3.63, 3.8) is 0 Å². The molecule has 0 nitrogen and oxygen atoms in total. The zero-order valence-electron chi connectivity index (χ0n) is 9.29. The van der Waals surface area contributed by atoms with Crippen molar-refractivity contribution < 1.29 is 13.2 Å². The molecule has 94 valence electrons. The van der Waals surface area contributed by atoms with Gasteiger partial charge in [0.1, 0.15) is 0 Å². The van der Waals surface area contributed by atoms with Crippen molar-refractivity contribution in [3.8, 4) is 0 Å². The fourth-order valence-electron chi connectivity index (χ4n) is 1.69. The standard InChI is InChI=1S/C14H10ClF3/c15-13(10-5-2-1-3-6-10)11-7-4-8-12(9-11)14(16,17)18/h1-9,13H/t13-/m1/s1. The Balaban J connectivity index is 2.35. The fourth-order valence-corrected chi connectivity index (χ4v) is 1.97. The molecule has 0 aliphatic heterocycles. The number of benzene rings is 2. The maximum atomic E-state index is 12.6. The van der Waals surface area contributed by atoms with Crippen molar-refractivity contribution in [2.24, 2.45) is 0 Å². The van der Waals surface area contributed by atoms with Gasteiger partial charge in [-0.25, -0.2) is 0 Å². The van der Waals surface area contributed by atoms with E-state index >= 15 is 0 Å². The minimum Gasteiger partial charge on any atom is -0.166 e. The van der Waals surface area contributed by atoms with Crippen LogP contribution in [0.1, 0.15) is 22.1 Å². The average Bonchev–Trinajstić information content (AvgIpc) is 2.38. The Bertz CT molecular complexity index is 520. The SMILES string of the molecule is FC(F)(F)c1cccc([C@H](Cl)c2ccccc2)c1. The van der Waals surface area contributed by atoms with Crippen LogP contribution in [-0.2, 0) is 6.18 Å². The summed E-state index contributed by atoms with van der Waals surface area (Å²) in [5, 5.41) is -0.575. The predicted octanol–water partition coefficient (Wildman–Crippen LogP) is 5.03. The number of hydrogen-bond acceptors (Lipinski definition) is 0. The molecule has 2 aromatic carbocycles. The Hall–Kier alpha value is -1.48. The largest absolute Gasteiger partial charge is 0.416 e.